The Bertz CT molecular complexity index is 210. The van der Waals surface area contributed by atoms with Crippen LogP contribution in [0.4, 0.5) is 0 Å². The second-order valence-electron chi connectivity index (χ2n) is 5.08. The van der Waals surface area contributed by atoms with Crippen molar-refractivity contribution in [3.8, 4) is 0 Å². The summed E-state index contributed by atoms with van der Waals surface area (Å²) in [7, 11) is 0. The highest BCUT2D eigenvalue weighted by Gasteiger charge is 2.50. The maximum Gasteiger partial charge on any atom is 0.0842 e. The van der Waals surface area contributed by atoms with Crippen molar-refractivity contribution in [3.05, 3.63) is 0 Å². The van der Waals surface area contributed by atoms with Crippen LogP contribution >= 0.6 is 0 Å². The third kappa shape index (κ3) is 1.15. The monoisotopic (exact) mass is 181 g/mol. The highest BCUT2D eigenvalue weighted by atomic mass is 16.5. The van der Waals surface area contributed by atoms with Gasteiger partial charge in [0.05, 0.1) is 11.7 Å². The molecule has 0 aromatic heterocycles. The zero-order valence-corrected chi connectivity index (χ0v) is 8.46. The van der Waals surface area contributed by atoms with Crippen LogP contribution in [0.25, 0.3) is 0 Å². The molecule has 13 heavy (non-hydrogen) atoms. The van der Waals surface area contributed by atoms with Gasteiger partial charge in [-0.1, -0.05) is 0 Å². The zero-order chi connectivity index (χ0) is 8.89. The molecule has 2 atom stereocenters. The fourth-order valence-corrected chi connectivity index (χ4v) is 3.51. The third-order valence-corrected chi connectivity index (χ3v) is 4.23. The molecule has 0 unspecified atom stereocenters. The largest absolute Gasteiger partial charge is 0.370 e. The van der Waals surface area contributed by atoms with E-state index < -0.39 is 0 Å². The quantitative estimate of drug-likeness (QED) is 0.563. The van der Waals surface area contributed by atoms with E-state index in [-0.39, 0.29) is 5.60 Å². The van der Waals surface area contributed by atoms with Crippen LogP contribution in [0.2, 0.25) is 0 Å². The number of piperidine rings is 3. The molecule has 4 heterocycles. The minimum absolute atomic E-state index is 0.288. The highest BCUT2D eigenvalue weighted by Crippen LogP contribution is 2.45. The minimum atomic E-state index is 0.288. The molecule has 74 valence electrons. The Hall–Kier alpha value is -0.0800. The summed E-state index contributed by atoms with van der Waals surface area (Å²) < 4.78 is 6.18. The van der Waals surface area contributed by atoms with E-state index in [4.69, 9.17) is 4.74 Å². The van der Waals surface area contributed by atoms with E-state index in [1.54, 1.807) is 0 Å². The third-order valence-electron chi connectivity index (χ3n) is 4.23. The molecule has 4 fully saturated rings. The van der Waals surface area contributed by atoms with Crippen LogP contribution < -0.4 is 0 Å². The molecule has 2 bridgehead atoms. The Balaban J connectivity index is 1.83. The van der Waals surface area contributed by atoms with Crippen LogP contribution in [0.5, 0.6) is 0 Å². The molecule has 0 aromatic rings. The van der Waals surface area contributed by atoms with Gasteiger partial charge in [0.2, 0.25) is 0 Å². The van der Waals surface area contributed by atoms with Gasteiger partial charge in [-0.05, 0) is 51.6 Å². The van der Waals surface area contributed by atoms with Crippen LogP contribution in [0, 0.1) is 5.92 Å². The summed E-state index contributed by atoms with van der Waals surface area (Å²) in [6.07, 6.45) is 5.87. The summed E-state index contributed by atoms with van der Waals surface area (Å²) in [6.45, 7) is 6.10. The van der Waals surface area contributed by atoms with Gasteiger partial charge in [0.1, 0.15) is 0 Å². The Labute approximate surface area is 80.2 Å². The first-order valence-corrected chi connectivity index (χ1v) is 5.69. The molecule has 0 saturated carbocycles. The number of fused-ring (bicyclic) bond motifs is 2. The van der Waals surface area contributed by atoms with Crippen molar-refractivity contribution in [2.45, 2.75) is 44.3 Å². The molecule has 2 nitrogen and oxygen atoms in total. The van der Waals surface area contributed by atoms with Crippen LogP contribution in [0.15, 0.2) is 0 Å². The first-order valence-electron chi connectivity index (χ1n) is 5.69. The van der Waals surface area contributed by atoms with Crippen molar-refractivity contribution < 1.29 is 4.74 Å². The predicted molar refractivity (Wildman–Crippen MR) is 51.7 cm³/mol. The van der Waals surface area contributed by atoms with Gasteiger partial charge in [-0.25, -0.2) is 0 Å². The number of nitrogens with zero attached hydrogens (tertiary/aromatic N) is 1. The lowest BCUT2D eigenvalue weighted by atomic mass is 9.74. The Morgan fingerprint density at radius 1 is 1.23 bits per heavy atom. The summed E-state index contributed by atoms with van der Waals surface area (Å²) in [5.74, 6) is 0.877. The predicted octanol–water partition coefficient (Wildman–Crippen LogP) is 1.65. The lowest BCUT2D eigenvalue weighted by Gasteiger charge is -2.51. The fraction of sp³-hybridized carbons (Fsp3) is 1.00. The van der Waals surface area contributed by atoms with Crippen molar-refractivity contribution in [1.82, 2.24) is 4.90 Å². The van der Waals surface area contributed by atoms with Crippen molar-refractivity contribution in [1.29, 1.82) is 0 Å². The van der Waals surface area contributed by atoms with E-state index >= 15 is 0 Å². The minimum Gasteiger partial charge on any atom is -0.370 e. The number of ether oxygens (including phenoxy) is 1. The average Bonchev–Trinajstić information content (AvgIpc) is 2.49. The van der Waals surface area contributed by atoms with Gasteiger partial charge in [0.15, 0.2) is 0 Å². The van der Waals surface area contributed by atoms with E-state index in [1.165, 1.54) is 45.3 Å². The van der Waals surface area contributed by atoms with Gasteiger partial charge in [-0.3, -0.25) is 0 Å². The number of rotatable bonds is 0. The van der Waals surface area contributed by atoms with E-state index in [0.29, 0.717) is 6.10 Å². The normalized spacial score (nSPS) is 54.7. The van der Waals surface area contributed by atoms with E-state index in [1.807, 2.05) is 0 Å². The van der Waals surface area contributed by atoms with Gasteiger partial charge in [-0.2, -0.15) is 0 Å². The number of hydrogen-bond donors (Lipinski definition) is 0. The standard InChI is InChI=1S/C11H19NO/c1-9-2-5-11(13-9)8-12-6-3-10(11)4-7-12/h9-10H,2-8H2,1H3/t9-,11+/m1/s1. The molecule has 0 aliphatic carbocycles. The SMILES string of the molecule is C[C@@H]1CC[C@@]2(CN3CCC2CC3)O1. The Morgan fingerprint density at radius 3 is 2.46 bits per heavy atom. The molecular formula is C11H19NO. The van der Waals surface area contributed by atoms with E-state index in [2.05, 4.69) is 11.8 Å². The molecule has 4 aliphatic heterocycles. The van der Waals surface area contributed by atoms with Gasteiger partial charge < -0.3 is 9.64 Å². The van der Waals surface area contributed by atoms with Gasteiger partial charge >= 0.3 is 0 Å². The molecular weight excluding hydrogens is 162 g/mol. The molecule has 0 amide bonds. The smallest absolute Gasteiger partial charge is 0.0842 e. The van der Waals surface area contributed by atoms with Crippen molar-refractivity contribution >= 4 is 0 Å². The molecule has 0 radical (unpaired) electrons. The van der Waals surface area contributed by atoms with Crippen molar-refractivity contribution in [2.75, 3.05) is 19.6 Å². The van der Waals surface area contributed by atoms with Gasteiger partial charge in [0.25, 0.3) is 0 Å². The summed E-state index contributed by atoms with van der Waals surface area (Å²) >= 11 is 0. The Morgan fingerprint density at radius 2 is 2.00 bits per heavy atom. The fourth-order valence-electron chi connectivity index (χ4n) is 3.51. The summed E-state index contributed by atoms with van der Waals surface area (Å²) in [4.78, 5) is 2.60. The lowest BCUT2D eigenvalue weighted by molar-refractivity contribution is -0.140. The molecule has 0 aromatic carbocycles. The van der Waals surface area contributed by atoms with Gasteiger partial charge in [0, 0.05) is 6.54 Å². The van der Waals surface area contributed by atoms with Crippen LogP contribution in [0.3, 0.4) is 0 Å². The molecule has 4 aliphatic rings. The first kappa shape index (κ1) is 8.25. The summed E-state index contributed by atoms with van der Waals surface area (Å²) in [5, 5.41) is 0. The summed E-state index contributed by atoms with van der Waals surface area (Å²) in [5.41, 5.74) is 0.288. The van der Waals surface area contributed by atoms with Crippen molar-refractivity contribution in [3.63, 3.8) is 0 Å². The first-order chi connectivity index (χ1) is 6.28. The lowest BCUT2D eigenvalue weighted by Crippen LogP contribution is -2.58. The van der Waals surface area contributed by atoms with Crippen molar-refractivity contribution in [2.24, 2.45) is 5.92 Å². The molecule has 4 saturated heterocycles. The van der Waals surface area contributed by atoms with Gasteiger partial charge in [-0.15, -0.1) is 0 Å². The molecule has 4 rings (SSSR count). The molecule has 2 heteroatoms. The highest BCUT2D eigenvalue weighted by molar-refractivity contribution is 5.02. The van der Waals surface area contributed by atoms with E-state index in [0.717, 1.165) is 5.92 Å². The Kier molecular flexibility index (Phi) is 1.72. The maximum atomic E-state index is 6.18. The molecule has 1 spiro atoms. The average molecular weight is 181 g/mol. The molecule has 0 N–H and O–H groups in total. The topological polar surface area (TPSA) is 12.5 Å². The second-order valence-corrected chi connectivity index (χ2v) is 5.08. The van der Waals surface area contributed by atoms with Crippen LogP contribution in [-0.4, -0.2) is 36.2 Å². The van der Waals surface area contributed by atoms with Crippen LogP contribution in [0.1, 0.15) is 32.6 Å². The summed E-state index contributed by atoms with van der Waals surface area (Å²) in [6, 6.07) is 0. The second kappa shape index (κ2) is 2.71. The van der Waals surface area contributed by atoms with E-state index in [9.17, 15) is 0 Å². The number of hydrogen-bond acceptors (Lipinski definition) is 2. The zero-order valence-electron chi connectivity index (χ0n) is 8.46. The maximum absolute atomic E-state index is 6.18. The van der Waals surface area contributed by atoms with Crippen LogP contribution in [-0.2, 0) is 4.74 Å².